The third-order valence-corrected chi connectivity index (χ3v) is 4.64. The number of aryl methyl sites for hydroxylation is 3. The lowest BCUT2D eigenvalue weighted by atomic mass is 9.83. The summed E-state index contributed by atoms with van der Waals surface area (Å²) in [5, 5.41) is 0. The standard InChI is InChI=1S/C21H20F3NO/c1-12-9-13(2)11-16(10-12)19-20(26)14(3)18-15(7-8-21(22,23)24)5-4-6-17(18)25-19/h4-6,9-11,14H,7-8H2,1-3H3. The average molecular weight is 359 g/mol. The molecule has 2 aromatic carbocycles. The molecule has 0 amide bonds. The fourth-order valence-corrected chi connectivity index (χ4v) is 3.52. The van der Waals surface area contributed by atoms with Gasteiger partial charge in [0.05, 0.1) is 5.69 Å². The van der Waals surface area contributed by atoms with Crippen LogP contribution in [0.2, 0.25) is 0 Å². The largest absolute Gasteiger partial charge is 0.389 e. The number of nitrogens with zero attached hydrogens (tertiary/aromatic N) is 1. The molecule has 26 heavy (non-hydrogen) atoms. The number of halogens is 3. The van der Waals surface area contributed by atoms with Crippen LogP contribution in [0.1, 0.15) is 47.1 Å². The fraction of sp³-hybridized carbons (Fsp3) is 0.333. The quantitative estimate of drug-likeness (QED) is 0.701. The van der Waals surface area contributed by atoms with E-state index in [9.17, 15) is 18.0 Å². The Hall–Kier alpha value is -2.43. The van der Waals surface area contributed by atoms with Gasteiger partial charge in [0.2, 0.25) is 0 Å². The molecule has 0 saturated heterocycles. The minimum atomic E-state index is -4.22. The summed E-state index contributed by atoms with van der Waals surface area (Å²) in [5.41, 5.74) is 4.96. The Bertz CT molecular complexity index is 876. The Balaban J connectivity index is 2.06. The van der Waals surface area contributed by atoms with E-state index in [0.29, 0.717) is 22.5 Å². The fourth-order valence-electron chi connectivity index (χ4n) is 3.52. The second kappa shape index (κ2) is 6.71. The first-order chi connectivity index (χ1) is 12.2. The maximum Gasteiger partial charge on any atom is 0.389 e. The molecule has 1 unspecified atom stereocenters. The number of aliphatic imine (C=N–C) groups is 1. The monoisotopic (exact) mass is 359 g/mol. The second-order valence-electron chi connectivity index (χ2n) is 6.89. The molecule has 0 aliphatic carbocycles. The van der Waals surface area contributed by atoms with Gasteiger partial charge in [0.25, 0.3) is 0 Å². The van der Waals surface area contributed by atoms with Crippen LogP contribution in [0.5, 0.6) is 0 Å². The molecular formula is C21H20F3NO. The summed E-state index contributed by atoms with van der Waals surface area (Å²) in [6.45, 7) is 5.66. The summed E-state index contributed by atoms with van der Waals surface area (Å²) >= 11 is 0. The van der Waals surface area contributed by atoms with E-state index in [1.165, 1.54) is 0 Å². The zero-order valence-corrected chi connectivity index (χ0v) is 14.9. The molecule has 1 aliphatic rings. The number of carbonyl (C=O) groups is 1. The Morgan fingerprint density at radius 2 is 1.73 bits per heavy atom. The molecule has 3 rings (SSSR count). The number of fused-ring (bicyclic) bond motifs is 1. The topological polar surface area (TPSA) is 29.4 Å². The number of carbonyl (C=O) groups excluding carboxylic acids is 1. The Morgan fingerprint density at radius 1 is 1.08 bits per heavy atom. The van der Waals surface area contributed by atoms with E-state index in [1.807, 2.05) is 32.0 Å². The van der Waals surface area contributed by atoms with Crippen molar-refractivity contribution in [3.05, 3.63) is 64.2 Å². The van der Waals surface area contributed by atoms with Crippen LogP contribution < -0.4 is 0 Å². The van der Waals surface area contributed by atoms with E-state index in [1.54, 1.807) is 25.1 Å². The molecule has 136 valence electrons. The highest BCUT2D eigenvalue weighted by atomic mass is 19.4. The first-order valence-corrected chi connectivity index (χ1v) is 8.56. The maximum absolute atomic E-state index is 12.9. The van der Waals surface area contributed by atoms with Gasteiger partial charge in [0.15, 0.2) is 5.78 Å². The lowest BCUT2D eigenvalue weighted by Crippen LogP contribution is -2.26. The van der Waals surface area contributed by atoms with E-state index in [4.69, 9.17) is 0 Å². The summed E-state index contributed by atoms with van der Waals surface area (Å²) in [6.07, 6.45) is -5.27. The van der Waals surface area contributed by atoms with E-state index in [0.717, 1.165) is 16.7 Å². The van der Waals surface area contributed by atoms with E-state index in [2.05, 4.69) is 4.99 Å². The van der Waals surface area contributed by atoms with Crippen molar-refractivity contribution in [2.24, 2.45) is 4.99 Å². The molecule has 0 fully saturated rings. The highest BCUT2D eigenvalue weighted by Gasteiger charge is 2.32. The highest BCUT2D eigenvalue weighted by molar-refractivity contribution is 6.49. The number of hydrogen-bond acceptors (Lipinski definition) is 2. The number of ketones is 1. The Morgan fingerprint density at radius 3 is 2.35 bits per heavy atom. The number of benzene rings is 2. The molecule has 1 heterocycles. The third kappa shape index (κ3) is 3.71. The molecule has 1 atom stereocenters. The summed E-state index contributed by atoms with van der Waals surface area (Å²) in [4.78, 5) is 17.4. The normalized spacial score (nSPS) is 17.1. The van der Waals surface area contributed by atoms with Crippen LogP contribution in [0.15, 0.2) is 41.4 Å². The second-order valence-corrected chi connectivity index (χ2v) is 6.89. The van der Waals surface area contributed by atoms with Crippen molar-refractivity contribution in [1.82, 2.24) is 0 Å². The van der Waals surface area contributed by atoms with Crippen LogP contribution in [0.3, 0.4) is 0 Å². The highest BCUT2D eigenvalue weighted by Crippen LogP contribution is 2.38. The van der Waals surface area contributed by atoms with E-state index >= 15 is 0 Å². The molecule has 2 nitrogen and oxygen atoms in total. The zero-order chi connectivity index (χ0) is 19.1. The van der Waals surface area contributed by atoms with Crippen molar-refractivity contribution in [3.63, 3.8) is 0 Å². The minimum Gasteiger partial charge on any atom is -0.292 e. The van der Waals surface area contributed by atoms with Crippen molar-refractivity contribution in [1.29, 1.82) is 0 Å². The van der Waals surface area contributed by atoms with Crippen molar-refractivity contribution in [2.75, 3.05) is 0 Å². The lowest BCUT2D eigenvalue weighted by molar-refractivity contribution is -0.134. The molecule has 5 heteroatoms. The molecular weight excluding hydrogens is 339 g/mol. The number of alkyl halides is 3. The van der Waals surface area contributed by atoms with Crippen LogP contribution >= 0.6 is 0 Å². The molecule has 0 spiro atoms. The number of Topliss-reactive ketones (excluding diaryl/α,β-unsaturated/α-hetero) is 1. The van der Waals surface area contributed by atoms with Crippen molar-refractivity contribution in [3.8, 4) is 0 Å². The number of rotatable bonds is 3. The van der Waals surface area contributed by atoms with Crippen molar-refractivity contribution >= 4 is 17.2 Å². The molecule has 2 aromatic rings. The zero-order valence-electron chi connectivity index (χ0n) is 14.9. The van der Waals surface area contributed by atoms with Crippen LogP contribution in [-0.4, -0.2) is 17.7 Å². The summed E-state index contributed by atoms with van der Waals surface area (Å²) in [7, 11) is 0. The van der Waals surface area contributed by atoms with Crippen LogP contribution in [0, 0.1) is 13.8 Å². The van der Waals surface area contributed by atoms with Gasteiger partial charge in [-0.1, -0.05) is 36.2 Å². The summed E-state index contributed by atoms with van der Waals surface area (Å²) in [6, 6.07) is 11.0. The van der Waals surface area contributed by atoms with Gasteiger partial charge in [0, 0.05) is 17.9 Å². The molecule has 1 aliphatic heterocycles. The predicted molar refractivity (Wildman–Crippen MR) is 96.4 cm³/mol. The summed E-state index contributed by atoms with van der Waals surface area (Å²) in [5.74, 6) is -0.662. The molecule has 0 saturated carbocycles. The van der Waals surface area contributed by atoms with Crippen molar-refractivity contribution in [2.45, 2.75) is 45.7 Å². The molecule has 0 aromatic heterocycles. The van der Waals surface area contributed by atoms with Gasteiger partial charge in [-0.15, -0.1) is 0 Å². The van der Waals surface area contributed by atoms with Crippen LogP contribution in [-0.2, 0) is 11.2 Å². The third-order valence-electron chi connectivity index (χ3n) is 4.64. The first kappa shape index (κ1) is 18.4. The van der Waals surface area contributed by atoms with Crippen LogP contribution in [0.4, 0.5) is 18.9 Å². The predicted octanol–water partition coefficient (Wildman–Crippen LogP) is 5.61. The molecule has 0 bridgehead atoms. The van der Waals surface area contributed by atoms with Crippen LogP contribution in [0.25, 0.3) is 0 Å². The Kier molecular flexibility index (Phi) is 4.74. The smallest absolute Gasteiger partial charge is 0.292 e. The molecule has 0 N–H and O–H groups in total. The van der Waals surface area contributed by atoms with Gasteiger partial charge in [0.1, 0.15) is 5.71 Å². The van der Waals surface area contributed by atoms with Gasteiger partial charge >= 0.3 is 6.18 Å². The maximum atomic E-state index is 12.9. The average Bonchev–Trinajstić information content (AvgIpc) is 2.54. The van der Waals surface area contributed by atoms with Gasteiger partial charge in [-0.2, -0.15) is 13.2 Å². The van der Waals surface area contributed by atoms with E-state index in [-0.39, 0.29) is 12.2 Å². The van der Waals surface area contributed by atoms with Gasteiger partial charge < -0.3 is 0 Å². The number of hydrogen-bond donors (Lipinski definition) is 0. The summed E-state index contributed by atoms with van der Waals surface area (Å²) < 4.78 is 37.8. The van der Waals surface area contributed by atoms with Gasteiger partial charge in [-0.05, 0) is 49.6 Å². The van der Waals surface area contributed by atoms with E-state index < -0.39 is 18.5 Å². The Labute approximate surface area is 150 Å². The van der Waals surface area contributed by atoms with Gasteiger partial charge in [-0.25, -0.2) is 4.99 Å². The minimum absolute atomic E-state index is 0.140. The lowest BCUT2D eigenvalue weighted by Gasteiger charge is -2.24. The molecule has 0 radical (unpaired) electrons. The first-order valence-electron chi connectivity index (χ1n) is 8.56. The van der Waals surface area contributed by atoms with Gasteiger partial charge in [-0.3, -0.25) is 4.79 Å². The SMILES string of the molecule is Cc1cc(C)cc(C2=Nc3cccc(CCC(F)(F)F)c3C(C)C2=O)c1. The van der Waals surface area contributed by atoms with Crippen molar-refractivity contribution < 1.29 is 18.0 Å².